The second kappa shape index (κ2) is 8.52. The lowest BCUT2D eigenvalue weighted by molar-refractivity contribution is 0.0382. The number of halogens is 2. The summed E-state index contributed by atoms with van der Waals surface area (Å²) in [6, 6.07) is 3.93. The van der Waals surface area contributed by atoms with Crippen LogP contribution in [0, 0.1) is 13.8 Å². The lowest BCUT2D eigenvalue weighted by atomic mass is 9.87. The van der Waals surface area contributed by atoms with E-state index in [1.54, 1.807) is 0 Å². The van der Waals surface area contributed by atoms with E-state index in [0.29, 0.717) is 6.42 Å². The third-order valence-electron chi connectivity index (χ3n) is 5.03. The molecular formula is C18H28Cl2N2O2. The van der Waals surface area contributed by atoms with Gasteiger partial charge in [-0.25, -0.2) is 0 Å². The molecule has 0 radical (unpaired) electrons. The number of ketones is 1. The number of hydrogen-bond acceptors (Lipinski definition) is 4. The van der Waals surface area contributed by atoms with Gasteiger partial charge in [0.25, 0.3) is 0 Å². The third-order valence-corrected chi connectivity index (χ3v) is 5.03. The van der Waals surface area contributed by atoms with E-state index in [4.69, 9.17) is 4.74 Å². The van der Waals surface area contributed by atoms with Gasteiger partial charge >= 0.3 is 0 Å². The largest absolute Gasteiger partial charge is 0.486 e. The molecule has 1 atom stereocenters. The molecule has 3 rings (SSSR count). The van der Waals surface area contributed by atoms with Crippen molar-refractivity contribution in [2.24, 2.45) is 0 Å². The van der Waals surface area contributed by atoms with Gasteiger partial charge in [0.2, 0.25) is 0 Å². The molecule has 1 aromatic carbocycles. The Bertz CT molecular complexity index is 589. The molecule has 0 amide bonds. The summed E-state index contributed by atoms with van der Waals surface area (Å²) in [6.45, 7) is 11.5. The van der Waals surface area contributed by atoms with E-state index < -0.39 is 0 Å². The molecule has 0 saturated carbocycles. The molecule has 136 valence electrons. The number of hydrogen-bond donors (Lipinski definition) is 1. The van der Waals surface area contributed by atoms with Crippen LogP contribution in [0.5, 0.6) is 5.75 Å². The molecule has 1 unspecified atom stereocenters. The zero-order valence-electron chi connectivity index (χ0n) is 14.7. The summed E-state index contributed by atoms with van der Waals surface area (Å²) in [7, 11) is 0. The number of nitrogens with one attached hydrogen (secondary N) is 1. The Morgan fingerprint density at radius 1 is 1.21 bits per heavy atom. The van der Waals surface area contributed by atoms with Gasteiger partial charge in [-0.2, -0.15) is 0 Å². The number of fused-ring (bicyclic) bond motifs is 1. The summed E-state index contributed by atoms with van der Waals surface area (Å²) in [5.41, 5.74) is 2.65. The van der Waals surface area contributed by atoms with Crippen LogP contribution in [-0.2, 0) is 0 Å². The first-order chi connectivity index (χ1) is 10.5. The van der Waals surface area contributed by atoms with Gasteiger partial charge in [0.05, 0.1) is 12.0 Å². The van der Waals surface area contributed by atoms with Gasteiger partial charge in [-0.3, -0.25) is 4.79 Å². The summed E-state index contributed by atoms with van der Waals surface area (Å²) in [5, 5.41) is 3.37. The van der Waals surface area contributed by atoms with Gasteiger partial charge in [0.15, 0.2) is 5.78 Å². The molecule has 4 nitrogen and oxygen atoms in total. The molecule has 2 heterocycles. The van der Waals surface area contributed by atoms with Crippen LogP contribution in [0.1, 0.15) is 41.3 Å². The van der Waals surface area contributed by atoms with Gasteiger partial charge < -0.3 is 15.0 Å². The topological polar surface area (TPSA) is 41.6 Å². The van der Waals surface area contributed by atoms with Crippen LogP contribution in [0.2, 0.25) is 0 Å². The van der Waals surface area contributed by atoms with Crippen molar-refractivity contribution in [1.82, 2.24) is 10.2 Å². The summed E-state index contributed by atoms with van der Waals surface area (Å²) in [4.78, 5) is 15.0. The lowest BCUT2D eigenvalue weighted by Gasteiger charge is -2.38. The van der Waals surface area contributed by atoms with E-state index in [1.807, 2.05) is 19.1 Å². The summed E-state index contributed by atoms with van der Waals surface area (Å²) in [5.74, 6) is 1.02. The minimum Gasteiger partial charge on any atom is -0.486 e. The number of piperazine rings is 1. The van der Waals surface area contributed by atoms with Crippen LogP contribution in [-0.4, -0.2) is 49.0 Å². The molecule has 0 aliphatic carbocycles. The predicted molar refractivity (Wildman–Crippen MR) is 102 cm³/mol. The second-order valence-corrected chi connectivity index (χ2v) is 6.88. The monoisotopic (exact) mass is 374 g/mol. The summed E-state index contributed by atoms with van der Waals surface area (Å²) in [6.07, 6.45) is 1.38. The second-order valence-electron chi connectivity index (χ2n) is 6.88. The van der Waals surface area contributed by atoms with Crippen LogP contribution in [0.4, 0.5) is 0 Å². The molecule has 0 spiro atoms. The number of carbonyl (C=O) groups is 1. The Hall–Kier alpha value is -0.810. The SMILES string of the molecule is Cc1ccc2c(c1C)OC(C)(CCN1CCNCC1)CC2=O.Cl.Cl. The molecule has 1 saturated heterocycles. The Morgan fingerprint density at radius 2 is 1.88 bits per heavy atom. The molecule has 0 bridgehead atoms. The Kier molecular flexibility index (Phi) is 7.54. The predicted octanol–water partition coefficient (Wildman–Crippen LogP) is 3.17. The zero-order chi connectivity index (χ0) is 15.7. The summed E-state index contributed by atoms with van der Waals surface area (Å²) < 4.78 is 6.33. The van der Waals surface area contributed by atoms with Crippen molar-refractivity contribution in [3.63, 3.8) is 0 Å². The van der Waals surface area contributed by atoms with E-state index >= 15 is 0 Å². The van der Waals surface area contributed by atoms with Crippen molar-refractivity contribution in [2.75, 3.05) is 32.7 Å². The van der Waals surface area contributed by atoms with Crippen LogP contribution >= 0.6 is 24.8 Å². The quantitative estimate of drug-likeness (QED) is 0.881. The number of benzene rings is 1. The highest BCUT2D eigenvalue weighted by molar-refractivity contribution is 6.00. The minimum absolute atomic E-state index is 0. The molecule has 1 aromatic rings. The van der Waals surface area contributed by atoms with Gasteiger partial charge in [0.1, 0.15) is 11.4 Å². The molecule has 1 N–H and O–H groups in total. The van der Waals surface area contributed by atoms with Gasteiger partial charge in [0, 0.05) is 32.7 Å². The van der Waals surface area contributed by atoms with Gasteiger partial charge in [-0.15, -0.1) is 24.8 Å². The fourth-order valence-electron chi connectivity index (χ4n) is 3.33. The van der Waals surface area contributed by atoms with Crippen LogP contribution in [0.25, 0.3) is 0 Å². The number of nitrogens with zero attached hydrogens (tertiary/aromatic N) is 1. The molecule has 2 aliphatic rings. The van der Waals surface area contributed by atoms with Crippen molar-refractivity contribution in [2.45, 2.75) is 39.2 Å². The van der Waals surface area contributed by atoms with Crippen molar-refractivity contribution >= 4 is 30.6 Å². The average molecular weight is 375 g/mol. The summed E-state index contributed by atoms with van der Waals surface area (Å²) >= 11 is 0. The first-order valence-corrected chi connectivity index (χ1v) is 8.24. The van der Waals surface area contributed by atoms with E-state index in [1.165, 1.54) is 5.56 Å². The lowest BCUT2D eigenvalue weighted by Crippen LogP contribution is -2.47. The molecule has 0 aromatic heterocycles. The smallest absolute Gasteiger partial charge is 0.170 e. The van der Waals surface area contributed by atoms with Crippen molar-refractivity contribution in [3.05, 3.63) is 28.8 Å². The van der Waals surface area contributed by atoms with Crippen LogP contribution < -0.4 is 10.1 Å². The first kappa shape index (κ1) is 21.2. The number of rotatable bonds is 3. The van der Waals surface area contributed by atoms with Crippen molar-refractivity contribution in [3.8, 4) is 5.75 Å². The molecule has 1 fully saturated rings. The third kappa shape index (κ3) is 4.42. The standard InChI is InChI=1S/C18H26N2O2.2ClH/c1-13-4-5-15-16(21)12-18(3,22-17(15)14(13)2)6-9-20-10-7-19-8-11-20;;/h4-5,19H,6-12H2,1-3H3;2*1H. The highest BCUT2D eigenvalue weighted by Gasteiger charge is 2.37. The average Bonchev–Trinajstić information content (AvgIpc) is 2.51. The van der Waals surface area contributed by atoms with Crippen LogP contribution in [0.15, 0.2) is 12.1 Å². The number of ether oxygens (including phenoxy) is 1. The first-order valence-electron chi connectivity index (χ1n) is 8.24. The Morgan fingerprint density at radius 3 is 2.54 bits per heavy atom. The number of aryl methyl sites for hydroxylation is 1. The maximum absolute atomic E-state index is 12.5. The molecule has 6 heteroatoms. The normalized spacial score (nSPS) is 23.5. The maximum atomic E-state index is 12.5. The number of Topliss-reactive ketones (excluding diaryl/α,β-unsaturated/α-hetero) is 1. The van der Waals surface area contributed by atoms with Gasteiger partial charge in [-0.1, -0.05) is 6.07 Å². The highest BCUT2D eigenvalue weighted by Crippen LogP contribution is 2.38. The molecule has 24 heavy (non-hydrogen) atoms. The van der Waals surface area contributed by atoms with Gasteiger partial charge in [-0.05, 0) is 44.4 Å². The minimum atomic E-state index is -0.381. The van der Waals surface area contributed by atoms with E-state index in [9.17, 15) is 4.79 Å². The van der Waals surface area contributed by atoms with E-state index in [0.717, 1.165) is 56.0 Å². The van der Waals surface area contributed by atoms with E-state index in [-0.39, 0.29) is 36.2 Å². The van der Waals surface area contributed by atoms with Crippen molar-refractivity contribution in [1.29, 1.82) is 0 Å². The zero-order valence-corrected chi connectivity index (χ0v) is 16.3. The molecule has 2 aliphatic heterocycles. The maximum Gasteiger partial charge on any atom is 0.170 e. The van der Waals surface area contributed by atoms with Crippen molar-refractivity contribution < 1.29 is 9.53 Å². The van der Waals surface area contributed by atoms with E-state index in [2.05, 4.69) is 24.1 Å². The highest BCUT2D eigenvalue weighted by atomic mass is 35.5. The fraction of sp³-hybridized carbons (Fsp3) is 0.611. The fourth-order valence-corrected chi connectivity index (χ4v) is 3.33. The number of carbonyl (C=O) groups excluding carboxylic acids is 1. The Balaban J connectivity index is 0.00000144. The molecular weight excluding hydrogens is 347 g/mol. The Labute approximate surface area is 157 Å². The van der Waals surface area contributed by atoms with Crippen LogP contribution in [0.3, 0.4) is 0 Å².